The lowest BCUT2D eigenvalue weighted by Gasteiger charge is -2.24. The van der Waals surface area contributed by atoms with Crippen LogP contribution in [-0.2, 0) is 6.18 Å². The highest BCUT2D eigenvalue weighted by molar-refractivity contribution is 6.04. The predicted molar refractivity (Wildman–Crippen MR) is 152 cm³/mol. The molecule has 1 fully saturated rings. The summed E-state index contributed by atoms with van der Waals surface area (Å²) < 4.78 is 41.9. The van der Waals surface area contributed by atoms with Crippen LogP contribution in [0.15, 0.2) is 73.0 Å². The third-order valence-electron chi connectivity index (χ3n) is 6.86. The number of piperidine rings is 1. The highest BCUT2D eigenvalue weighted by Gasteiger charge is 2.34. The summed E-state index contributed by atoms with van der Waals surface area (Å²) in [5, 5.41) is 5.85. The largest absolute Gasteiger partial charge is 0.417 e. The molecule has 5 rings (SSSR count). The first-order valence-corrected chi connectivity index (χ1v) is 13.0. The topological polar surface area (TPSA) is 95.9 Å². The summed E-state index contributed by atoms with van der Waals surface area (Å²) in [5.74, 6) is -0.326. The van der Waals surface area contributed by atoms with Gasteiger partial charge in [0.2, 0.25) is 5.95 Å². The van der Waals surface area contributed by atoms with Gasteiger partial charge in [0.1, 0.15) is 6.33 Å². The van der Waals surface area contributed by atoms with E-state index in [-0.39, 0.29) is 11.1 Å². The van der Waals surface area contributed by atoms with Crippen LogP contribution in [0.25, 0.3) is 17.3 Å². The minimum absolute atomic E-state index is 0.0692. The molecule has 2 aromatic heterocycles. The van der Waals surface area contributed by atoms with Crippen LogP contribution in [0.4, 0.5) is 30.5 Å². The fraction of sp³-hybridized carbons (Fsp3) is 0.233. The second-order valence-electron chi connectivity index (χ2n) is 9.91. The van der Waals surface area contributed by atoms with E-state index in [0.29, 0.717) is 23.0 Å². The summed E-state index contributed by atoms with van der Waals surface area (Å²) in [4.78, 5) is 32.0. The van der Waals surface area contributed by atoms with Gasteiger partial charge in [-0.05, 0) is 68.3 Å². The quantitative estimate of drug-likeness (QED) is 0.284. The van der Waals surface area contributed by atoms with E-state index in [0.717, 1.165) is 48.7 Å². The Bertz CT molecular complexity index is 1580. The number of anilines is 3. The molecule has 0 saturated carbocycles. The van der Waals surface area contributed by atoms with Crippen molar-refractivity contribution >= 4 is 29.3 Å². The normalized spacial score (nSPS) is 14.0. The summed E-state index contributed by atoms with van der Waals surface area (Å²) in [6.07, 6.45) is 4.76. The number of aromatic nitrogens is 4. The fourth-order valence-corrected chi connectivity index (χ4v) is 4.51. The van der Waals surface area contributed by atoms with Crippen LogP contribution in [0.5, 0.6) is 0 Å². The number of rotatable bonds is 6. The van der Waals surface area contributed by atoms with Gasteiger partial charge < -0.3 is 15.5 Å². The Morgan fingerprint density at radius 3 is 2.51 bits per heavy atom. The van der Waals surface area contributed by atoms with Crippen molar-refractivity contribution in [2.45, 2.75) is 25.9 Å². The zero-order valence-corrected chi connectivity index (χ0v) is 22.5. The van der Waals surface area contributed by atoms with Crippen molar-refractivity contribution in [3.05, 3.63) is 95.2 Å². The number of carbonyl (C=O) groups is 1. The molecule has 41 heavy (non-hydrogen) atoms. The van der Waals surface area contributed by atoms with Gasteiger partial charge in [0.05, 0.1) is 11.3 Å². The van der Waals surface area contributed by atoms with Crippen LogP contribution < -0.4 is 10.6 Å². The van der Waals surface area contributed by atoms with E-state index >= 15 is 0 Å². The Hall–Kier alpha value is -4.64. The van der Waals surface area contributed by atoms with Crippen molar-refractivity contribution in [2.24, 2.45) is 0 Å². The second kappa shape index (κ2) is 11.8. The molecule has 0 bridgehead atoms. The summed E-state index contributed by atoms with van der Waals surface area (Å²) >= 11 is 0. The third-order valence-corrected chi connectivity index (χ3v) is 6.86. The van der Waals surface area contributed by atoms with Gasteiger partial charge in [-0.2, -0.15) is 13.2 Å². The molecule has 210 valence electrons. The average molecular weight is 560 g/mol. The number of nitrogens with one attached hydrogen (secondary N) is 2. The molecule has 0 spiro atoms. The van der Waals surface area contributed by atoms with E-state index in [1.165, 1.54) is 18.5 Å². The maximum absolute atomic E-state index is 14.0. The molecule has 3 heterocycles. The molecule has 2 aromatic carbocycles. The van der Waals surface area contributed by atoms with Gasteiger partial charge in [-0.15, -0.1) is 0 Å². The lowest BCUT2D eigenvalue weighted by Crippen LogP contribution is -2.26. The minimum Gasteiger partial charge on any atom is -0.324 e. The van der Waals surface area contributed by atoms with Crippen molar-refractivity contribution in [2.75, 3.05) is 30.8 Å². The second-order valence-corrected chi connectivity index (χ2v) is 9.91. The van der Waals surface area contributed by atoms with Gasteiger partial charge in [-0.1, -0.05) is 23.8 Å². The standard InChI is InChI=1S/C30H28F3N7O/c1-19-3-6-24(15-27(19)39-29-36-10-7-26(38-29)23-16-34-18-35-17-23)37-28(41)22-5-4-21(25(14-22)30(31,32)33)13-20-8-11-40(2)12-9-20/h3-7,10,13-18H,8-9,11-12H2,1-2H3,(H,37,41)(H,36,38,39). The molecule has 1 saturated heterocycles. The van der Waals surface area contributed by atoms with E-state index in [1.54, 1.807) is 48.9 Å². The van der Waals surface area contributed by atoms with Crippen molar-refractivity contribution in [3.63, 3.8) is 0 Å². The first-order valence-electron chi connectivity index (χ1n) is 13.0. The van der Waals surface area contributed by atoms with Crippen LogP contribution in [0, 0.1) is 6.92 Å². The van der Waals surface area contributed by atoms with Crippen molar-refractivity contribution in [3.8, 4) is 11.3 Å². The molecule has 1 aliphatic heterocycles. The molecular formula is C30H28F3N7O. The molecule has 0 aliphatic carbocycles. The Morgan fingerprint density at radius 1 is 1.02 bits per heavy atom. The van der Waals surface area contributed by atoms with Crippen molar-refractivity contribution < 1.29 is 18.0 Å². The molecule has 0 unspecified atom stereocenters. The van der Waals surface area contributed by atoms with Crippen molar-refractivity contribution in [1.82, 2.24) is 24.8 Å². The molecular weight excluding hydrogens is 531 g/mol. The van der Waals surface area contributed by atoms with Gasteiger partial charge in [0, 0.05) is 54.2 Å². The number of halogens is 3. The number of nitrogens with zero attached hydrogens (tertiary/aromatic N) is 5. The predicted octanol–water partition coefficient (Wildman–Crippen LogP) is 6.37. The van der Waals surface area contributed by atoms with Gasteiger partial charge in [-0.25, -0.2) is 19.9 Å². The lowest BCUT2D eigenvalue weighted by molar-refractivity contribution is -0.137. The van der Waals surface area contributed by atoms with Crippen LogP contribution in [-0.4, -0.2) is 50.9 Å². The number of amides is 1. The van der Waals surface area contributed by atoms with Gasteiger partial charge in [0.15, 0.2) is 0 Å². The zero-order chi connectivity index (χ0) is 29.0. The summed E-state index contributed by atoms with van der Waals surface area (Å²) in [5.41, 5.74) is 3.36. The number of carbonyl (C=O) groups excluding carboxylic acids is 1. The number of hydrogen-bond donors (Lipinski definition) is 2. The number of hydrogen-bond acceptors (Lipinski definition) is 7. The maximum atomic E-state index is 14.0. The molecule has 1 amide bonds. The van der Waals surface area contributed by atoms with Crippen LogP contribution in [0.1, 0.15) is 39.9 Å². The van der Waals surface area contributed by atoms with E-state index in [1.807, 2.05) is 14.0 Å². The molecule has 0 atom stereocenters. The van der Waals surface area contributed by atoms with Gasteiger partial charge in [-0.3, -0.25) is 4.79 Å². The van der Waals surface area contributed by atoms with Crippen molar-refractivity contribution in [1.29, 1.82) is 0 Å². The number of likely N-dealkylation sites (tertiary alicyclic amines) is 1. The molecule has 11 heteroatoms. The smallest absolute Gasteiger partial charge is 0.324 e. The van der Waals surface area contributed by atoms with Crippen LogP contribution in [0.2, 0.25) is 0 Å². The van der Waals surface area contributed by atoms with E-state index in [2.05, 4.69) is 35.5 Å². The molecule has 4 aromatic rings. The molecule has 2 N–H and O–H groups in total. The third kappa shape index (κ3) is 6.93. The molecule has 0 radical (unpaired) electrons. The summed E-state index contributed by atoms with van der Waals surface area (Å²) in [6, 6.07) is 10.6. The number of aryl methyl sites for hydroxylation is 1. The first-order chi connectivity index (χ1) is 19.7. The lowest BCUT2D eigenvalue weighted by atomic mass is 9.97. The highest BCUT2D eigenvalue weighted by atomic mass is 19.4. The van der Waals surface area contributed by atoms with E-state index in [4.69, 9.17) is 0 Å². The Labute approximate surface area is 235 Å². The SMILES string of the molecule is Cc1ccc(NC(=O)c2ccc(C=C3CCN(C)CC3)c(C(F)(F)F)c2)cc1Nc1nccc(-c2cncnc2)n1. The zero-order valence-electron chi connectivity index (χ0n) is 22.5. The average Bonchev–Trinajstić information content (AvgIpc) is 2.96. The summed E-state index contributed by atoms with van der Waals surface area (Å²) in [7, 11) is 1.99. The van der Waals surface area contributed by atoms with Crippen LogP contribution in [0.3, 0.4) is 0 Å². The van der Waals surface area contributed by atoms with Gasteiger partial charge >= 0.3 is 6.18 Å². The highest BCUT2D eigenvalue weighted by Crippen LogP contribution is 2.35. The van der Waals surface area contributed by atoms with E-state index in [9.17, 15) is 18.0 Å². The first kappa shape index (κ1) is 27.9. The summed E-state index contributed by atoms with van der Waals surface area (Å²) in [6.45, 7) is 3.48. The minimum atomic E-state index is -4.60. The molecule has 1 aliphatic rings. The monoisotopic (exact) mass is 559 g/mol. The molecule has 8 nitrogen and oxygen atoms in total. The fourth-order valence-electron chi connectivity index (χ4n) is 4.51. The van der Waals surface area contributed by atoms with E-state index < -0.39 is 17.6 Å². The Morgan fingerprint density at radius 2 is 1.78 bits per heavy atom. The van der Waals surface area contributed by atoms with Crippen LogP contribution >= 0.6 is 0 Å². The number of benzene rings is 2. The maximum Gasteiger partial charge on any atom is 0.417 e. The Balaban J connectivity index is 1.35. The Kier molecular flexibility index (Phi) is 8.06. The van der Waals surface area contributed by atoms with Gasteiger partial charge in [0.25, 0.3) is 5.91 Å². The number of alkyl halides is 3.